The minimum Gasteiger partial charge on any atom is -0.0654 e. The quantitative estimate of drug-likeness (QED) is 0.545. The monoisotopic (exact) mass is 348 g/mol. The molecule has 1 aliphatic carbocycles. The van der Waals surface area contributed by atoms with Crippen molar-refractivity contribution in [3.8, 4) is 0 Å². The first-order valence-electron chi connectivity index (χ1n) is 11.0. The van der Waals surface area contributed by atoms with E-state index in [1.165, 1.54) is 77.0 Å². The summed E-state index contributed by atoms with van der Waals surface area (Å²) in [4.78, 5) is 0. The zero-order valence-corrected chi connectivity index (χ0v) is 16.7. The zero-order valence-electron chi connectivity index (χ0n) is 16.7. The van der Waals surface area contributed by atoms with Crippen molar-refractivity contribution < 1.29 is 0 Å². The van der Waals surface area contributed by atoms with Gasteiger partial charge in [0.1, 0.15) is 0 Å². The molecular weight excluding hydrogens is 312 g/mol. The third kappa shape index (κ3) is 5.73. The molecule has 0 unspecified atom stereocenters. The predicted molar refractivity (Wildman–Crippen MR) is 114 cm³/mol. The Hall–Kier alpha value is -1.56. The largest absolute Gasteiger partial charge is 0.0654 e. The highest BCUT2D eigenvalue weighted by molar-refractivity contribution is 5.28. The SMILES string of the molecule is CCCCC1CCc2ccccc2CCCCCc2ccccc2CC1. The third-order valence-electron chi connectivity index (χ3n) is 6.24. The fourth-order valence-electron chi connectivity index (χ4n) is 4.54. The molecule has 0 saturated carbocycles. The molecule has 0 spiro atoms. The number of rotatable bonds is 3. The van der Waals surface area contributed by atoms with E-state index >= 15 is 0 Å². The van der Waals surface area contributed by atoms with E-state index in [2.05, 4.69) is 55.5 Å². The lowest BCUT2D eigenvalue weighted by molar-refractivity contribution is 0.405. The fourth-order valence-corrected chi connectivity index (χ4v) is 4.54. The van der Waals surface area contributed by atoms with E-state index in [-0.39, 0.29) is 0 Å². The second-order valence-electron chi connectivity index (χ2n) is 8.18. The van der Waals surface area contributed by atoms with E-state index in [1.54, 1.807) is 22.3 Å². The molecule has 0 heteroatoms. The van der Waals surface area contributed by atoms with Crippen molar-refractivity contribution in [3.05, 3.63) is 70.8 Å². The Morgan fingerprint density at radius 3 is 1.58 bits per heavy atom. The lowest BCUT2D eigenvalue weighted by Gasteiger charge is -2.20. The van der Waals surface area contributed by atoms with Gasteiger partial charge in [0.25, 0.3) is 0 Å². The van der Waals surface area contributed by atoms with Gasteiger partial charge in [-0.25, -0.2) is 0 Å². The van der Waals surface area contributed by atoms with Crippen molar-refractivity contribution in [1.29, 1.82) is 0 Å². The van der Waals surface area contributed by atoms with Crippen LogP contribution in [0.5, 0.6) is 0 Å². The van der Waals surface area contributed by atoms with Crippen LogP contribution in [0.2, 0.25) is 0 Å². The molecule has 0 aliphatic heterocycles. The summed E-state index contributed by atoms with van der Waals surface area (Å²) in [5.41, 5.74) is 6.45. The van der Waals surface area contributed by atoms with Gasteiger partial charge in [-0.3, -0.25) is 0 Å². The van der Waals surface area contributed by atoms with Crippen molar-refractivity contribution in [3.63, 3.8) is 0 Å². The molecular formula is C26H36. The van der Waals surface area contributed by atoms with E-state index in [9.17, 15) is 0 Å². The normalized spacial score (nSPS) is 17.1. The van der Waals surface area contributed by atoms with Crippen LogP contribution in [0.25, 0.3) is 0 Å². The van der Waals surface area contributed by atoms with E-state index < -0.39 is 0 Å². The molecule has 0 radical (unpaired) electrons. The van der Waals surface area contributed by atoms with Gasteiger partial charge in [-0.1, -0.05) is 81.1 Å². The molecule has 1 aliphatic rings. The molecule has 0 amide bonds. The smallest absolute Gasteiger partial charge is 0.0274 e. The molecule has 2 aromatic carbocycles. The first kappa shape index (κ1) is 19.2. The maximum atomic E-state index is 2.38. The average molecular weight is 349 g/mol. The number of fused-ring (bicyclic) bond motifs is 2. The Morgan fingerprint density at radius 1 is 0.654 bits per heavy atom. The molecule has 0 bridgehead atoms. The molecule has 2 aromatic rings. The van der Waals surface area contributed by atoms with E-state index in [4.69, 9.17) is 0 Å². The highest BCUT2D eigenvalue weighted by Gasteiger charge is 2.13. The molecule has 0 nitrogen and oxygen atoms in total. The summed E-state index contributed by atoms with van der Waals surface area (Å²) in [6.07, 6.45) is 15.9. The molecule has 0 fully saturated rings. The zero-order chi connectivity index (χ0) is 18.0. The highest BCUT2D eigenvalue weighted by Crippen LogP contribution is 2.26. The molecule has 0 saturated heterocycles. The molecule has 0 N–H and O–H groups in total. The summed E-state index contributed by atoms with van der Waals surface area (Å²) >= 11 is 0. The van der Waals surface area contributed by atoms with Crippen LogP contribution < -0.4 is 0 Å². The topological polar surface area (TPSA) is 0 Å². The summed E-state index contributed by atoms with van der Waals surface area (Å²) in [6.45, 7) is 2.33. The van der Waals surface area contributed by atoms with Crippen LogP contribution in [0.3, 0.4) is 0 Å². The van der Waals surface area contributed by atoms with Gasteiger partial charge in [-0.2, -0.15) is 0 Å². The van der Waals surface area contributed by atoms with Gasteiger partial charge in [0.2, 0.25) is 0 Å². The minimum absolute atomic E-state index is 0.874. The van der Waals surface area contributed by atoms with Crippen LogP contribution >= 0.6 is 0 Å². The van der Waals surface area contributed by atoms with Crippen molar-refractivity contribution in [2.45, 2.75) is 84.0 Å². The Kier molecular flexibility index (Phi) is 7.80. The minimum atomic E-state index is 0.874. The van der Waals surface area contributed by atoms with E-state index in [0.29, 0.717) is 0 Å². The first-order chi connectivity index (χ1) is 12.9. The van der Waals surface area contributed by atoms with Gasteiger partial charge in [0, 0.05) is 0 Å². The Bertz CT molecular complexity index is 601. The number of hydrogen-bond donors (Lipinski definition) is 0. The van der Waals surface area contributed by atoms with Gasteiger partial charge in [0.15, 0.2) is 0 Å². The van der Waals surface area contributed by atoms with Crippen molar-refractivity contribution in [2.75, 3.05) is 0 Å². The summed E-state index contributed by atoms with van der Waals surface area (Å²) in [5, 5.41) is 0. The summed E-state index contributed by atoms with van der Waals surface area (Å²) in [6, 6.07) is 18.4. The lowest BCUT2D eigenvalue weighted by atomic mass is 9.86. The van der Waals surface area contributed by atoms with Crippen LogP contribution in [-0.4, -0.2) is 0 Å². The van der Waals surface area contributed by atoms with Crippen LogP contribution in [0.1, 0.15) is 80.5 Å². The molecule has 0 aromatic heterocycles. The first-order valence-corrected chi connectivity index (χ1v) is 11.0. The van der Waals surface area contributed by atoms with Gasteiger partial charge < -0.3 is 0 Å². The van der Waals surface area contributed by atoms with Crippen LogP contribution in [0.15, 0.2) is 48.5 Å². The second kappa shape index (κ2) is 10.6. The highest BCUT2D eigenvalue weighted by atomic mass is 14.2. The Balaban J connectivity index is 1.75. The maximum Gasteiger partial charge on any atom is -0.0274 e. The van der Waals surface area contributed by atoms with Crippen LogP contribution in [-0.2, 0) is 25.7 Å². The third-order valence-corrected chi connectivity index (χ3v) is 6.24. The van der Waals surface area contributed by atoms with Gasteiger partial charge in [-0.15, -0.1) is 0 Å². The second-order valence-corrected chi connectivity index (χ2v) is 8.18. The molecule has 3 rings (SSSR count). The molecule has 140 valence electrons. The van der Waals surface area contributed by atoms with Crippen molar-refractivity contribution in [1.82, 2.24) is 0 Å². The summed E-state index contributed by atoms with van der Waals surface area (Å²) in [7, 11) is 0. The molecule has 0 heterocycles. The standard InChI is InChI=1S/C26H36/c1-2-3-11-22-18-20-25-16-9-7-14-23(25)12-5-4-6-13-24-15-8-10-17-26(24)21-19-22/h7-10,14-17,22H,2-6,11-13,18-21H2,1H3. The van der Waals surface area contributed by atoms with Crippen molar-refractivity contribution >= 4 is 0 Å². The van der Waals surface area contributed by atoms with E-state index in [1.807, 2.05) is 0 Å². The number of aryl methyl sites for hydroxylation is 4. The number of hydrogen-bond acceptors (Lipinski definition) is 0. The van der Waals surface area contributed by atoms with Gasteiger partial charge >= 0.3 is 0 Å². The van der Waals surface area contributed by atoms with Crippen LogP contribution in [0.4, 0.5) is 0 Å². The van der Waals surface area contributed by atoms with E-state index in [0.717, 1.165) is 5.92 Å². The Labute approximate surface area is 161 Å². The summed E-state index contributed by atoms with van der Waals surface area (Å²) < 4.78 is 0. The number of unbranched alkanes of at least 4 members (excludes halogenated alkanes) is 1. The molecule has 26 heavy (non-hydrogen) atoms. The average Bonchev–Trinajstić information content (AvgIpc) is 2.68. The van der Waals surface area contributed by atoms with Crippen molar-refractivity contribution in [2.24, 2.45) is 5.92 Å². The fraction of sp³-hybridized carbons (Fsp3) is 0.538. The molecule has 0 atom stereocenters. The Morgan fingerprint density at radius 2 is 1.12 bits per heavy atom. The number of benzene rings is 2. The van der Waals surface area contributed by atoms with Gasteiger partial charge in [0.05, 0.1) is 0 Å². The van der Waals surface area contributed by atoms with Crippen LogP contribution in [0, 0.1) is 5.92 Å². The van der Waals surface area contributed by atoms with Gasteiger partial charge in [-0.05, 0) is 79.5 Å². The predicted octanol–water partition coefficient (Wildman–Crippen LogP) is 7.33. The summed E-state index contributed by atoms with van der Waals surface area (Å²) in [5.74, 6) is 0.874. The lowest BCUT2D eigenvalue weighted by Crippen LogP contribution is -2.07. The maximum absolute atomic E-state index is 2.38.